The SMILES string of the molecule is O=S1(=O)CCC(c2c[nH]c3ccc(-c4ccccc4CCO)cc23)CC1. The summed E-state index contributed by atoms with van der Waals surface area (Å²) in [7, 11) is -2.86. The number of aliphatic hydroxyl groups excluding tert-OH is 1. The van der Waals surface area contributed by atoms with E-state index in [1.807, 2.05) is 18.3 Å². The number of hydrogen-bond donors (Lipinski definition) is 2. The topological polar surface area (TPSA) is 70.2 Å². The van der Waals surface area contributed by atoms with E-state index < -0.39 is 9.84 Å². The Morgan fingerprint density at radius 1 is 1.08 bits per heavy atom. The first-order valence-electron chi connectivity index (χ1n) is 9.08. The summed E-state index contributed by atoms with van der Waals surface area (Å²) < 4.78 is 23.5. The Hall–Kier alpha value is -2.11. The molecule has 136 valence electrons. The summed E-state index contributed by atoms with van der Waals surface area (Å²) in [5, 5.41) is 10.5. The predicted molar refractivity (Wildman–Crippen MR) is 105 cm³/mol. The number of aromatic nitrogens is 1. The first-order valence-corrected chi connectivity index (χ1v) is 10.9. The smallest absolute Gasteiger partial charge is 0.150 e. The zero-order valence-corrected chi connectivity index (χ0v) is 15.4. The fraction of sp³-hybridized carbons (Fsp3) is 0.333. The number of aliphatic hydroxyl groups is 1. The van der Waals surface area contributed by atoms with Gasteiger partial charge in [0.1, 0.15) is 9.84 Å². The molecule has 5 heteroatoms. The van der Waals surface area contributed by atoms with Gasteiger partial charge in [0.25, 0.3) is 0 Å². The summed E-state index contributed by atoms with van der Waals surface area (Å²) in [6.45, 7) is 0.130. The van der Waals surface area contributed by atoms with E-state index in [1.54, 1.807) is 0 Å². The summed E-state index contributed by atoms with van der Waals surface area (Å²) in [6, 6.07) is 14.5. The molecule has 2 N–H and O–H groups in total. The zero-order chi connectivity index (χ0) is 18.1. The van der Waals surface area contributed by atoms with Gasteiger partial charge in [0.2, 0.25) is 0 Å². The number of fused-ring (bicyclic) bond motifs is 1. The van der Waals surface area contributed by atoms with Crippen molar-refractivity contribution in [3.63, 3.8) is 0 Å². The van der Waals surface area contributed by atoms with Gasteiger partial charge in [0.15, 0.2) is 0 Å². The fourth-order valence-corrected chi connectivity index (χ4v) is 5.48. The quantitative estimate of drug-likeness (QED) is 0.737. The molecular formula is C21H23NO3S. The number of H-pyrrole nitrogens is 1. The lowest BCUT2D eigenvalue weighted by atomic mass is 9.91. The molecule has 0 saturated carbocycles. The Kier molecular flexibility index (Phi) is 4.59. The molecule has 0 atom stereocenters. The highest BCUT2D eigenvalue weighted by Crippen LogP contribution is 2.36. The first-order chi connectivity index (χ1) is 12.6. The van der Waals surface area contributed by atoms with E-state index in [9.17, 15) is 13.5 Å². The predicted octanol–water partition coefficient (Wildman–Crippen LogP) is 3.66. The van der Waals surface area contributed by atoms with Crippen molar-refractivity contribution in [1.82, 2.24) is 4.98 Å². The highest BCUT2D eigenvalue weighted by atomic mass is 32.2. The van der Waals surface area contributed by atoms with Crippen LogP contribution in [0.4, 0.5) is 0 Å². The van der Waals surface area contributed by atoms with Crippen molar-refractivity contribution in [3.8, 4) is 11.1 Å². The van der Waals surface area contributed by atoms with Gasteiger partial charge in [-0.05, 0) is 59.6 Å². The normalized spacial score (nSPS) is 17.6. The molecule has 4 nitrogen and oxygen atoms in total. The van der Waals surface area contributed by atoms with Crippen molar-refractivity contribution >= 4 is 20.7 Å². The molecule has 1 aromatic heterocycles. The molecule has 0 unspecified atom stereocenters. The molecule has 2 heterocycles. The van der Waals surface area contributed by atoms with Crippen molar-refractivity contribution in [1.29, 1.82) is 0 Å². The number of hydrogen-bond acceptors (Lipinski definition) is 3. The number of aromatic amines is 1. The number of nitrogens with one attached hydrogen (secondary N) is 1. The second kappa shape index (κ2) is 6.89. The van der Waals surface area contributed by atoms with E-state index in [2.05, 4.69) is 35.3 Å². The minimum Gasteiger partial charge on any atom is -0.396 e. The summed E-state index contributed by atoms with van der Waals surface area (Å²) in [4.78, 5) is 3.34. The molecule has 0 aliphatic carbocycles. The van der Waals surface area contributed by atoms with Crippen molar-refractivity contribution in [2.45, 2.75) is 25.2 Å². The molecule has 0 radical (unpaired) electrons. The molecule has 4 rings (SSSR count). The molecule has 26 heavy (non-hydrogen) atoms. The maximum atomic E-state index is 11.7. The standard InChI is InChI=1S/C21H23NO3S/c23-10-7-15-3-1-2-4-18(15)17-5-6-21-19(13-17)20(14-22-21)16-8-11-26(24,25)12-9-16/h1-6,13-14,16,22-23H,7-12H2. The molecular weight excluding hydrogens is 346 g/mol. The molecule has 3 aromatic rings. The number of benzene rings is 2. The molecule has 1 saturated heterocycles. The van der Waals surface area contributed by atoms with Gasteiger partial charge in [-0.2, -0.15) is 0 Å². The van der Waals surface area contributed by atoms with Crippen LogP contribution in [0, 0.1) is 0 Å². The van der Waals surface area contributed by atoms with Crippen LogP contribution < -0.4 is 0 Å². The average molecular weight is 369 g/mol. The van der Waals surface area contributed by atoms with Crippen LogP contribution in [-0.4, -0.2) is 36.6 Å². The molecule has 1 aliphatic rings. The summed E-state index contributed by atoms with van der Waals surface area (Å²) in [6.07, 6.45) is 4.06. The highest BCUT2D eigenvalue weighted by Gasteiger charge is 2.26. The third kappa shape index (κ3) is 3.29. The van der Waals surface area contributed by atoms with E-state index in [-0.39, 0.29) is 24.0 Å². The molecule has 1 aliphatic heterocycles. The van der Waals surface area contributed by atoms with Crippen LogP contribution >= 0.6 is 0 Å². The van der Waals surface area contributed by atoms with Gasteiger partial charge in [0.05, 0.1) is 11.5 Å². The average Bonchev–Trinajstić information content (AvgIpc) is 3.06. The fourth-order valence-electron chi connectivity index (χ4n) is 3.99. The Morgan fingerprint density at radius 3 is 2.62 bits per heavy atom. The maximum Gasteiger partial charge on any atom is 0.150 e. The van der Waals surface area contributed by atoms with Gasteiger partial charge in [-0.25, -0.2) is 8.42 Å². The van der Waals surface area contributed by atoms with Gasteiger partial charge < -0.3 is 10.1 Å². The second-order valence-corrected chi connectivity index (χ2v) is 9.36. The van der Waals surface area contributed by atoms with Crippen LogP contribution in [0.15, 0.2) is 48.7 Å². The lowest BCUT2D eigenvalue weighted by Gasteiger charge is -2.21. The molecule has 1 fully saturated rings. The van der Waals surface area contributed by atoms with Gasteiger partial charge in [-0.3, -0.25) is 0 Å². The summed E-state index contributed by atoms with van der Waals surface area (Å²) in [5.41, 5.74) is 5.70. The largest absolute Gasteiger partial charge is 0.396 e. The van der Waals surface area contributed by atoms with Crippen LogP contribution in [0.5, 0.6) is 0 Å². The Labute approximate surface area is 153 Å². The third-order valence-electron chi connectivity index (χ3n) is 5.42. The van der Waals surface area contributed by atoms with Crippen molar-refractivity contribution in [3.05, 3.63) is 59.8 Å². The Morgan fingerprint density at radius 2 is 1.85 bits per heavy atom. The maximum absolute atomic E-state index is 11.7. The van der Waals surface area contributed by atoms with E-state index in [4.69, 9.17) is 0 Å². The van der Waals surface area contributed by atoms with Crippen LogP contribution in [-0.2, 0) is 16.3 Å². The van der Waals surface area contributed by atoms with Crippen LogP contribution in [0.1, 0.15) is 29.9 Å². The Bertz CT molecular complexity index is 1020. The lowest BCUT2D eigenvalue weighted by molar-refractivity contribution is 0.300. The van der Waals surface area contributed by atoms with Crippen LogP contribution in [0.25, 0.3) is 22.0 Å². The zero-order valence-electron chi connectivity index (χ0n) is 14.6. The van der Waals surface area contributed by atoms with Crippen molar-refractivity contribution in [2.75, 3.05) is 18.1 Å². The van der Waals surface area contributed by atoms with E-state index in [0.29, 0.717) is 19.3 Å². The van der Waals surface area contributed by atoms with Gasteiger partial charge in [-0.1, -0.05) is 30.3 Å². The molecule has 2 aromatic carbocycles. The van der Waals surface area contributed by atoms with Gasteiger partial charge in [-0.15, -0.1) is 0 Å². The van der Waals surface area contributed by atoms with Crippen molar-refractivity contribution in [2.24, 2.45) is 0 Å². The minimum absolute atomic E-state index is 0.130. The lowest BCUT2D eigenvalue weighted by Crippen LogP contribution is -2.21. The molecule has 0 amide bonds. The number of rotatable bonds is 4. The van der Waals surface area contributed by atoms with Crippen molar-refractivity contribution < 1.29 is 13.5 Å². The second-order valence-electron chi connectivity index (χ2n) is 7.06. The summed E-state index contributed by atoms with van der Waals surface area (Å²) in [5.74, 6) is 0.849. The highest BCUT2D eigenvalue weighted by molar-refractivity contribution is 7.91. The first kappa shape index (κ1) is 17.3. The summed E-state index contributed by atoms with van der Waals surface area (Å²) >= 11 is 0. The van der Waals surface area contributed by atoms with Gasteiger partial charge in [0, 0.05) is 23.7 Å². The molecule has 0 bridgehead atoms. The number of sulfone groups is 1. The Balaban J connectivity index is 1.74. The van der Waals surface area contributed by atoms with Crippen LogP contribution in [0.2, 0.25) is 0 Å². The van der Waals surface area contributed by atoms with E-state index >= 15 is 0 Å². The van der Waals surface area contributed by atoms with Gasteiger partial charge >= 0.3 is 0 Å². The van der Waals surface area contributed by atoms with E-state index in [0.717, 1.165) is 22.2 Å². The monoisotopic (exact) mass is 369 g/mol. The van der Waals surface area contributed by atoms with Crippen LogP contribution in [0.3, 0.4) is 0 Å². The van der Waals surface area contributed by atoms with E-state index in [1.165, 1.54) is 10.9 Å². The third-order valence-corrected chi connectivity index (χ3v) is 7.13. The minimum atomic E-state index is -2.86. The molecule has 0 spiro atoms.